The zero-order chi connectivity index (χ0) is 13.0. The number of Topliss-reactive ketones (excluding diaryl/α,β-unsaturated/α-hetero) is 1. The molecule has 0 aromatic carbocycles. The summed E-state index contributed by atoms with van der Waals surface area (Å²) >= 11 is 1.27. The van der Waals surface area contributed by atoms with Crippen LogP contribution in [0.5, 0.6) is 0 Å². The third kappa shape index (κ3) is 3.61. The number of nitrogens with zero attached hydrogens (tertiary/aromatic N) is 2. The second kappa shape index (κ2) is 5.88. The average molecular weight is 255 g/mol. The predicted molar refractivity (Wildman–Crippen MR) is 66.9 cm³/mol. The van der Waals surface area contributed by atoms with Gasteiger partial charge in [-0.1, -0.05) is 0 Å². The third-order valence-electron chi connectivity index (χ3n) is 2.28. The summed E-state index contributed by atoms with van der Waals surface area (Å²) in [6.45, 7) is 5.36. The van der Waals surface area contributed by atoms with Crippen LogP contribution in [0.25, 0.3) is 0 Å². The Kier molecular flexibility index (Phi) is 4.77. The van der Waals surface area contributed by atoms with E-state index in [1.807, 2.05) is 13.8 Å². The number of carbonyl (C=O) groups excluding carboxylic acids is 2. The summed E-state index contributed by atoms with van der Waals surface area (Å²) in [5, 5.41) is 2.16. The Labute approximate surface area is 105 Å². The zero-order valence-corrected chi connectivity index (χ0v) is 11.0. The number of carbonyl (C=O) groups is 2. The molecule has 0 aliphatic carbocycles. The van der Waals surface area contributed by atoms with Crippen molar-refractivity contribution in [2.24, 2.45) is 5.73 Å². The van der Waals surface area contributed by atoms with Crippen LogP contribution >= 0.6 is 11.3 Å². The van der Waals surface area contributed by atoms with E-state index in [0.29, 0.717) is 5.01 Å². The lowest BCUT2D eigenvalue weighted by molar-refractivity contribution is -0.133. The molecule has 0 fully saturated rings. The minimum Gasteiger partial charge on any atom is -0.331 e. The molecule has 0 aliphatic heterocycles. The maximum Gasteiger partial charge on any atom is 0.239 e. The summed E-state index contributed by atoms with van der Waals surface area (Å²) in [4.78, 5) is 29.1. The first kappa shape index (κ1) is 13.8. The first-order chi connectivity index (χ1) is 7.93. The van der Waals surface area contributed by atoms with Crippen LogP contribution in [-0.2, 0) is 4.79 Å². The van der Waals surface area contributed by atoms with Gasteiger partial charge in [0, 0.05) is 17.6 Å². The van der Waals surface area contributed by atoms with E-state index in [1.54, 1.807) is 18.5 Å². The van der Waals surface area contributed by atoms with Gasteiger partial charge in [-0.2, -0.15) is 0 Å². The van der Waals surface area contributed by atoms with E-state index in [9.17, 15) is 9.59 Å². The topological polar surface area (TPSA) is 76.3 Å². The first-order valence-corrected chi connectivity index (χ1v) is 6.30. The van der Waals surface area contributed by atoms with E-state index in [-0.39, 0.29) is 24.3 Å². The van der Waals surface area contributed by atoms with Crippen molar-refractivity contribution >= 4 is 23.0 Å². The van der Waals surface area contributed by atoms with Gasteiger partial charge in [-0.3, -0.25) is 9.59 Å². The number of rotatable bonds is 5. The average Bonchev–Trinajstić information content (AvgIpc) is 2.77. The largest absolute Gasteiger partial charge is 0.331 e. The number of aromatic nitrogens is 1. The van der Waals surface area contributed by atoms with Gasteiger partial charge < -0.3 is 10.6 Å². The monoisotopic (exact) mass is 255 g/mol. The second-order valence-corrected chi connectivity index (χ2v) is 5.00. The fraction of sp³-hybridized carbons (Fsp3) is 0.545. The SMILES string of the molecule is CC(C)N(CC(=O)c1nccs1)C(=O)[C@H](C)N. The molecular weight excluding hydrogens is 238 g/mol. The Morgan fingerprint density at radius 2 is 2.12 bits per heavy atom. The summed E-state index contributed by atoms with van der Waals surface area (Å²) in [5.74, 6) is -0.368. The van der Waals surface area contributed by atoms with Crippen LogP contribution in [0.4, 0.5) is 0 Å². The molecule has 0 saturated carbocycles. The summed E-state index contributed by atoms with van der Waals surface area (Å²) in [5.41, 5.74) is 5.55. The van der Waals surface area contributed by atoms with Gasteiger partial charge in [0.05, 0.1) is 12.6 Å². The molecule has 17 heavy (non-hydrogen) atoms. The van der Waals surface area contributed by atoms with Gasteiger partial charge >= 0.3 is 0 Å². The van der Waals surface area contributed by atoms with Gasteiger partial charge in [-0.15, -0.1) is 11.3 Å². The van der Waals surface area contributed by atoms with E-state index in [4.69, 9.17) is 5.73 Å². The summed E-state index contributed by atoms with van der Waals surface area (Å²) in [7, 11) is 0. The van der Waals surface area contributed by atoms with Crippen LogP contribution < -0.4 is 5.73 Å². The van der Waals surface area contributed by atoms with Gasteiger partial charge in [0.1, 0.15) is 0 Å². The standard InChI is InChI=1S/C11H17N3O2S/c1-7(2)14(11(16)8(3)12)6-9(15)10-13-4-5-17-10/h4-5,7-8H,6,12H2,1-3H3/t8-/m0/s1. The normalized spacial score (nSPS) is 12.5. The fourth-order valence-corrected chi connectivity index (χ4v) is 1.93. The lowest BCUT2D eigenvalue weighted by atomic mass is 10.2. The molecule has 1 atom stereocenters. The lowest BCUT2D eigenvalue weighted by Crippen LogP contribution is -2.47. The van der Waals surface area contributed by atoms with Crippen molar-refractivity contribution in [3.63, 3.8) is 0 Å². The van der Waals surface area contributed by atoms with Crippen molar-refractivity contribution in [3.05, 3.63) is 16.6 Å². The number of amides is 1. The maximum absolute atomic E-state index is 11.9. The summed E-state index contributed by atoms with van der Waals surface area (Å²) in [6, 6.07) is -0.654. The highest BCUT2D eigenvalue weighted by Gasteiger charge is 2.23. The van der Waals surface area contributed by atoms with Crippen molar-refractivity contribution < 1.29 is 9.59 Å². The smallest absolute Gasteiger partial charge is 0.239 e. The molecule has 0 unspecified atom stereocenters. The number of thiazole rings is 1. The quantitative estimate of drug-likeness (QED) is 0.793. The van der Waals surface area contributed by atoms with Crippen molar-refractivity contribution in [2.45, 2.75) is 32.9 Å². The highest BCUT2D eigenvalue weighted by Crippen LogP contribution is 2.08. The van der Waals surface area contributed by atoms with Crippen molar-refractivity contribution in [2.75, 3.05) is 6.54 Å². The highest BCUT2D eigenvalue weighted by atomic mass is 32.1. The molecular formula is C11H17N3O2S. The molecule has 2 N–H and O–H groups in total. The maximum atomic E-state index is 11.9. The number of ketones is 1. The molecule has 0 saturated heterocycles. The Balaban J connectivity index is 2.74. The highest BCUT2D eigenvalue weighted by molar-refractivity contribution is 7.11. The minimum absolute atomic E-state index is 0.0333. The van der Waals surface area contributed by atoms with Crippen LogP contribution in [0.3, 0.4) is 0 Å². The molecule has 0 bridgehead atoms. The number of nitrogens with two attached hydrogens (primary N) is 1. The van der Waals surface area contributed by atoms with Crippen molar-refractivity contribution in [3.8, 4) is 0 Å². The summed E-state index contributed by atoms with van der Waals surface area (Å²) < 4.78 is 0. The molecule has 1 aromatic rings. The van der Waals surface area contributed by atoms with Crippen LogP contribution in [0.1, 0.15) is 30.6 Å². The lowest BCUT2D eigenvalue weighted by Gasteiger charge is -2.27. The van der Waals surface area contributed by atoms with E-state index >= 15 is 0 Å². The Morgan fingerprint density at radius 3 is 2.53 bits per heavy atom. The second-order valence-electron chi connectivity index (χ2n) is 4.11. The molecule has 94 valence electrons. The fourth-order valence-electron chi connectivity index (χ4n) is 1.36. The predicted octanol–water partition coefficient (Wildman–Crippen LogP) is 0.910. The first-order valence-electron chi connectivity index (χ1n) is 5.42. The molecule has 0 spiro atoms. The number of hydrogen-bond acceptors (Lipinski definition) is 5. The molecule has 6 heteroatoms. The molecule has 0 radical (unpaired) electrons. The van der Waals surface area contributed by atoms with Crippen LogP contribution in [0, 0.1) is 0 Å². The van der Waals surface area contributed by atoms with Gasteiger partial charge in [0.25, 0.3) is 0 Å². The third-order valence-corrected chi connectivity index (χ3v) is 3.09. The van der Waals surface area contributed by atoms with Crippen molar-refractivity contribution in [1.29, 1.82) is 0 Å². The van der Waals surface area contributed by atoms with Crippen LogP contribution in [0.2, 0.25) is 0 Å². The molecule has 0 aliphatic rings. The number of hydrogen-bond donors (Lipinski definition) is 1. The van der Waals surface area contributed by atoms with E-state index in [0.717, 1.165) is 0 Å². The van der Waals surface area contributed by atoms with Gasteiger partial charge in [0.2, 0.25) is 11.7 Å². The zero-order valence-electron chi connectivity index (χ0n) is 10.2. The summed E-state index contributed by atoms with van der Waals surface area (Å²) in [6.07, 6.45) is 1.57. The molecule has 1 rings (SSSR count). The molecule has 1 heterocycles. The van der Waals surface area contributed by atoms with E-state index < -0.39 is 6.04 Å². The van der Waals surface area contributed by atoms with E-state index in [2.05, 4.69) is 4.98 Å². The van der Waals surface area contributed by atoms with Crippen molar-refractivity contribution in [1.82, 2.24) is 9.88 Å². The van der Waals surface area contributed by atoms with Gasteiger partial charge in [0.15, 0.2) is 5.01 Å². The van der Waals surface area contributed by atoms with Crippen LogP contribution in [-0.4, -0.2) is 40.2 Å². The van der Waals surface area contributed by atoms with Gasteiger partial charge in [-0.05, 0) is 20.8 Å². The van der Waals surface area contributed by atoms with Gasteiger partial charge in [-0.25, -0.2) is 4.98 Å². The van der Waals surface area contributed by atoms with E-state index in [1.165, 1.54) is 16.2 Å². The molecule has 5 nitrogen and oxygen atoms in total. The minimum atomic E-state index is -0.596. The van der Waals surface area contributed by atoms with Crippen LogP contribution in [0.15, 0.2) is 11.6 Å². The Bertz CT molecular complexity index is 387. The molecule has 1 aromatic heterocycles. The Hall–Kier alpha value is -1.27. The Morgan fingerprint density at radius 1 is 1.47 bits per heavy atom. The molecule has 1 amide bonds.